The van der Waals surface area contributed by atoms with Gasteiger partial charge in [0, 0.05) is 19.0 Å². The van der Waals surface area contributed by atoms with Crippen LogP contribution in [0.5, 0.6) is 5.75 Å². The number of ether oxygens (including phenoxy) is 1. The van der Waals surface area contributed by atoms with Crippen molar-refractivity contribution in [3.63, 3.8) is 0 Å². The number of nitrogens with zero attached hydrogens (tertiary/aromatic N) is 5. The normalized spacial score (nSPS) is 11.0. The number of fused-ring (bicyclic) bond motifs is 1. The molecular weight excluding hydrogens is 284 g/mol. The van der Waals surface area contributed by atoms with E-state index < -0.39 is 0 Å². The third-order valence-electron chi connectivity index (χ3n) is 3.32. The fourth-order valence-corrected chi connectivity index (χ4v) is 2.39. The number of rotatable bonds is 6. The molecule has 0 fully saturated rings. The summed E-state index contributed by atoms with van der Waals surface area (Å²) < 4.78 is 7.34. The minimum atomic E-state index is -0.0107. The van der Waals surface area contributed by atoms with Gasteiger partial charge in [-0.15, -0.1) is 10.2 Å². The number of hydrogen-bond acceptors (Lipinski definition) is 6. The summed E-state index contributed by atoms with van der Waals surface area (Å²) >= 11 is 0. The van der Waals surface area contributed by atoms with Crippen molar-refractivity contribution in [2.75, 3.05) is 6.61 Å². The summed E-state index contributed by atoms with van der Waals surface area (Å²) in [6, 6.07) is 3.69. The summed E-state index contributed by atoms with van der Waals surface area (Å²) in [5.41, 5.74) is 1.91. The number of aromatic nitrogens is 6. The average molecular weight is 300 g/mol. The van der Waals surface area contributed by atoms with Crippen LogP contribution in [-0.4, -0.2) is 42.4 Å². The Labute approximate surface area is 126 Å². The van der Waals surface area contributed by atoms with Crippen molar-refractivity contribution in [2.24, 2.45) is 0 Å². The molecule has 0 saturated carbocycles. The van der Waals surface area contributed by atoms with Crippen LogP contribution < -0.4 is 4.74 Å². The lowest BCUT2D eigenvalue weighted by Gasteiger charge is -2.05. The van der Waals surface area contributed by atoms with Gasteiger partial charge in [-0.1, -0.05) is 5.21 Å². The van der Waals surface area contributed by atoms with Crippen LogP contribution >= 0.6 is 0 Å². The Bertz CT molecular complexity index is 793. The number of aromatic amines is 1. The first kappa shape index (κ1) is 14.2. The molecule has 0 spiro atoms. The van der Waals surface area contributed by atoms with E-state index in [1.165, 1.54) is 0 Å². The number of ketones is 1. The SMILES string of the molecule is CCOc1cccn2c(C(=O)CCc3nn[nH]n3)c(C)nc12. The Hall–Kier alpha value is -2.77. The molecule has 8 heteroatoms. The predicted molar refractivity (Wildman–Crippen MR) is 77.9 cm³/mol. The molecule has 3 rings (SSSR count). The Morgan fingerprint density at radius 2 is 2.32 bits per heavy atom. The Morgan fingerprint density at radius 1 is 1.45 bits per heavy atom. The van der Waals surface area contributed by atoms with Crippen molar-refractivity contribution in [3.05, 3.63) is 35.5 Å². The maximum Gasteiger partial charge on any atom is 0.181 e. The van der Waals surface area contributed by atoms with E-state index >= 15 is 0 Å². The lowest BCUT2D eigenvalue weighted by atomic mass is 10.1. The van der Waals surface area contributed by atoms with Crippen LogP contribution in [0.2, 0.25) is 0 Å². The van der Waals surface area contributed by atoms with Crippen LogP contribution in [-0.2, 0) is 6.42 Å². The van der Waals surface area contributed by atoms with E-state index in [4.69, 9.17) is 4.74 Å². The summed E-state index contributed by atoms with van der Waals surface area (Å²) in [5, 5.41) is 13.6. The molecule has 3 aromatic rings. The van der Waals surface area contributed by atoms with E-state index in [-0.39, 0.29) is 5.78 Å². The van der Waals surface area contributed by atoms with E-state index in [1.807, 2.05) is 32.2 Å². The second-order valence-corrected chi connectivity index (χ2v) is 4.80. The van der Waals surface area contributed by atoms with Crippen molar-refractivity contribution in [1.29, 1.82) is 0 Å². The van der Waals surface area contributed by atoms with Gasteiger partial charge < -0.3 is 4.74 Å². The quantitative estimate of drug-likeness (QED) is 0.690. The molecule has 0 aliphatic rings. The van der Waals surface area contributed by atoms with Gasteiger partial charge in [-0.05, 0) is 26.0 Å². The van der Waals surface area contributed by atoms with Gasteiger partial charge in [0.15, 0.2) is 23.0 Å². The lowest BCUT2D eigenvalue weighted by Crippen LogP contribution is -2.07. The number of aryl methyl sites for hydroxylation is 2. The minimum absolute atomic E-state index is 0.0107. The molecular formula is C14H16N6O2. The second-order valence-electron chi connectivity index (χ2n) is 4.80. The number of carbonyl (C=O) groups is 1. The molecule has 0 aliphatic carbocycles. The maximum absolute atomic E-state index is 12.5. The molecule has 8 nitrogen and oxygen atoms in total. The zero-order valence-electron chi connectivity index (χ0n) is 12.4. The smallest absolute Gasteiger partial charge is 0.181 e. The highest BCUT2D eigenvalue weighted by Crippen LogP contribution is 2.23. The summed E-state index contributed by atoms with van der Waals surface area (Å²) in [6.07, 6.45) is 2.56. The van der Waals surface area contributed by atoms with E-state index in [9.17, 15) is 4.79 Å². The molecule has 0 saturated heterocycles. The topological polar surface area (TPSA) is 98.1 Å². The van der Waals surface area contributed by atoms with Gasteiger partial charge in [0.05, 0.1) is 12.3 Å². The standard InChI is InChI=1S/C14H16N6O2/c1-3-22-11-5-4-8-20-13(9(2)15-14(11)20)10(21)6-7-12-16-18-19-17-12/h4-5,8H,3,6-7H2,1-2H3,(H,16,17,18,19). The van der Waals surface area contributed by atoms with Gasteiger partial charge in [-0.2, -0.15) is 5.21 Å². The highest BCUT2D eigenvalue weighted by atomic mass is 16.5. The highest BCUT2D eigenvalue weighted by Gasteiger charge is 2.19. The number of H-pyrrole nitrogens is 1. The molecule has 114 valence electrons. The summed E-state index contributed by atoms with van der Waals surface area (Å²) in [6.45, 7) is 4.28. The molecule has 0 bridgehead atoms. The van der Waals surface area contributed by atoms with Gasteiger partial charge in [-0.3, -0.25) is 9.20 Å². The van der Waals surface area contributed by atoms with Crippen LogP contribution in [0.3, 0.4) is 0 Å². The van der Waals surface area contributed by atoms with E-state index in [1.54, 1.807) is 4.40 Å². The predicted octanol–water partition coefficient (Wildman–Crippen LogP) is 1.37. The molecule has 0 aromatic carbocycles. The first-order valence-electron chi connectivity index (χ1n) is 7.06. The Balaban J connectivity index is 1.91. The second kappa shape index (κ2) is 5.92. The van der Waals surface area contributed by atoms with Crippen LogP contribution in [0.25, 0.3) is 5.65 Å². The monoisotopic (exact) mass is 300 g/mol. The average Bonchev–Trinajstić information content (AvgIpc) is 3.12. The van der Waals surface area contributed by atoms with Crippen molar-refractivity contribution >= 4 is 11.4 Å². The van der Waals surface area contributed by atoms with E-state index in [0.29, 0.717) is 48.1 Å². The zero-order chi connectivity index (χ0) is 15.5. The molecule has 0 unspecified atom stereocenters. The molecule has 0 radical (unpaired) electrons. The van der Waals surface area contributed by atoms with Gasteiger partial charge in [0.25, 0.3) is 0 Å². The molecule has 0 amide bonds. The van der Waals surface area contributed by atoms with Crippen LogP contribution in [0.1, 0.15) is 35.4 Å². The van der Waals surface area contributed by atoms with Crippen molar-refractivity contribution in [3.8, 4) is 5.75 Å². The molecule has 0 aliphatic heterocycles. The zero-order valence-corrected chi connectivity index (χ0v) is 12.4. The van der Waals surface area contributed by atoms with Crippen LogP contribution in [0.15, 0.2) is 18.3 Å². The van der Waals surface area contributed by atoms with Gasteiger partial charge in [0.1, 0.15) is 5.69 Å². The van der Waals surface area contributed by atoms with Crippen molar-refractivity contribution in [1.82, 2.24) is 30.0 Å². The largest absolute Gasteiger partial charge is 0.490 e. The van der Waals surface area contributed by atoms with Crippen LogP contribution in [0, 0.1) is 6.92 Å². The first-order chi connectivity index (χ1) is 10.7. The molecule has 3 heterocycles. The molecule has 1 N–H and O–H groups in total. The summed E-state index contributed by atoms with van der Waals surface area (Å²) in [5.74, 6) is 1.18. The fraction of sp³-hybridized carbons (Fsp3) is 0.357. The number of carbonyl (C=O) groups excluding carboxylic acids is 1. The van der Waals surface area contributed by atoms with Crippen molar-refractivity contribution in [2.45, 2.75) is 26.7 Å². The van der Waals surface area contributed by atoms with E-state index in [0.717, 1.165) is 0 Å². The van der Waals surface area contributed by atoms with Gasteiger partial charge in [0.2, 0.25) is 0 Å². The number of pyridine rings is 1. The lowest BCUT2D eigenvalue weighted by molar-refractivity contribution is 0.0976. The van der Waals surface area contributed by atoms with Gasteiger partial charge in [-0.25, -0.2) is 4.98 Å². The summed E-state index contributed by atoms with van der Waals surface area (Å²) in [4.78, 5) is 17.0. The summed E-state index contributed by atoms with van der Waals surface area (Å²) in [7, 11) is 0. The van der Waals surface area contributed by atoms with Gasteiger partial charge >= 0.3 is 0 Å². The highest BCUT2D eigenvalue weighted by molar-refractivity contribution is 5.96. The van der Waals surface area contributed by atoms with Crippen molar-refractivity contribution < 1.29 is 9.53 Å². The first-order valence-corrected chi connectivity index (χ1v) is 7.06. The minimum Gasteiger partial charge on any atom is -0.490 e. The number of imidazole rings is 1. The third kappa shape index (κ3) is 2.54. The number of Topliss-reactive ketones (excluding diaryl/α,β-unsaturated/α-hetero) is 1. The number of nitrogens with one attached hydrogen (secondary N) is 1. The molecule has 0 atom stereocenters. The number of hydrogen-bond donors (Lipinski definition) is 1. The Morgan fingerprint density at radius 3 is 3.05 bits per heavy atom. The molecule has 3 aromatic heterocycles. The van der Waals surface area contributed by atoms with E-state index in [2.05, 4.69) is 25.6 Å². The molecule has 22 heavy (non-hydrogen) atoms. The maximum atomic E-state index is 12.5. The Kier molecular flexibility index (Phi) is 3.82. The fourth-order valence-electron chi connectivity index (χ4n) is 2.39. The third-order valence-corrected chi connectivity index (χ3v) is 3.32. The number of tetrazole rings is 1. The van der Waals surface area contributed by atoms with Crippen LogP contribution in [0.4, 0.5) is 0 Å².